The summed E-state index contributed by atoms with van der Waals surface area (Å²) in [6.07, 6.45) is 6.87. The highest BCUT2D eigenvalue weighted by atomic mass is 16.6. The topological polar surface area (TPSA) is 77.2 Å². The van der Waals surface area contributed by atoms with Crippen LogP contribution in [0.2, 0.25) is 0 Å². The number of carbonyl (C=O) groups excluding carboxylic acids is 1. The summed E-state index contributed by atoms with van der Waals surface area (Å²) in [6.45, 7) is 7.25. The number of amides is 1. The molecule has 0 bridgehead atoms. The zero-order valence-electron chi connectivity index (χ0n) is 13.0. The van der Waals surface area contributed by atoms with E-state index in [2.05, 4.69) is 27.6 Å². The molecule has 1 aromatic rings. The van der Waals surface area contributed by atoms with E-state index in [0.29, 0.717) is 17.6 Å². The smallest absolute Gasteiger partial charge is 0.408 e. The lowest BCUT2D eigenvalue weighted by atomic mass is 10.1. The molecular weight excluding hydrogens is 270 g/mol. The van der Waals surface area contributed by atoms with Crippen LogP contribution in [0, 0.1) is 5.92 Å². The van der Waals surface area contributed by atoms with Crippen molar-refractivity contribution < 1.29 is 14.1 Å². The summed E-state index contributed by atoms with van der Waals surface area (Å²) in [5, 5.41) is 6.63. The molecule has 1 heterocycles. The highest BCUT2D eigenvalue weighted by Crippen LogP contribution is 2.21. The van der Waals surface area contributed by atoms with Crippen molar-refractivity contribution in [3.05, 3.63) is 23.9 Å². The van der Waals surface area contributed by atoms with Crippen LogP contribution < -0.4 is 5.32 Å². The molecule has 0 spiro atoms. The molecule has 21 heavy (non-hydrogen) atoms. The summed E-state index contributed by atoms with van der Waals surface area (Å²) < 4.78 is 10.4. The Kier molecular flexibility index (Phi) is 4.65. The molecule has 1 N–H and O–H groups in total. The highest BCUT2D eigenvalue weighted by molar-refractivity contribution is 5.68. The van der Waals surface area contributed by atoms with Gasteiger partial charge in [0.15, 0.2) is 5.82 Å². The maximum absolute atomic E-state index is 11.7. The first-order valence-electron chi connectivity index (χ1n) is 7.32. The Morgan fingerprint density at radius 3 is 2.95 bits per heavy atom. The molecule has 0 fully saturated rings. The van der Waals surface area contributed by atoms with Crippen molar-refractivity contribution in [2.75, 3.05) is 0 Å². The van der Waals surface area contributed by atoms with Crippen LogP contribution in [0.4, 0.5) is 4.79 Å². The predicted octanol–water partition coefficient (Wildman–Crippen LogP) is 3.16. The van der Waals surface area contributed by atoms with Crippen molar-refractivity contribution in [1.29, 1.82) is 0 Å². The standard InChI is InChI=1S/C15H23N3O3/c1-10(16-14(19)20-15(2,3)4)13-17-12(21-18-13)9-11-7-5-6-8-11/h5,7,10-11H,6,8-9H2,1-4H3,(H,16,19)/t10-,11-/m1/s1. The number of nitrogens with zero attached hydrogens (tertiary/aromatic N) is 2. The largest absolute Gasteiger partial charge is 0.444 e. The van der Waals surface area contributed by atoms with Gasteiger partial charge in [0.25, 0.3) is 0 Å². The lowest BCUT2D eigenvalue weighted by Gasteiger charge is -2.20. The zero-order chi connectivity index (χ0) is 15.5. The van der Waals surface area contributed by atoms with E-state index < -0.39 is 11.7 Å². The van der Waals surface area contributed by atoms with Gasteiger partial charge in [0.1, 0.15) is 5.60 Å². The number of allylic oxidation sites excluding steroid dienone is 2. The molecule has 0 unspecified atom stereocenters. The van der Waals surface area contributed by atoms with E-state index in [1.807, 2.05) is 20.8 Å². The van der Waals surface area contributed by atoms with Crippen LogP contribution in [0.15, 0.2) is 16.7 Å². The van der Waals surface area contributed by atoms with Crippen LogP contribution in [0.1, 0.15) is 58.3 Å². The van der Waals surface area contributed by atoms with Crippen molar-refractivity contribution >= 4 is 6.09 Å². The number of nitrogens with one attached hydrogen (secondary N) is 1. The molecule has 0 saturated carbocycles. The normalized spacial score (nSPS) is 19.5. The minimum atomic E-state index is -0.527. The number of hydrogen-bond acceptors (Lipinski definition) is 5. The summed E-state index contributed by atoms with van der Waals surface area (Å²) in [5.41, 5.74) is -0.527. The molecule has 2 atom stereocenters. The van der Waals surface area contributed by atoms with E-state index in [0.717, 1.165) is 19.3 Å². The van der Waals surface area contributed by atoms with E-state index in [1.54, 1.807) is 6.92 Å². The number of ether oxygens (including phenoxy) is 1. The quantitative estimate of drug-likeness (QED) is 0.863. The third-order valence-electron chi connectivity index (χ3n) is 3.15. The third kappa shape index (κ3) is 4.88. The number of carbonyl (C=O) groups is 1. The molecule has 0 aliphatic heterocycles. The first-order chi connectivity index (χ1) is 9.83. The Balaban J connectivity index is 1.87. The van der Waals surface area contributed by atoms with Crippen molar-refractivity contribution in [1.82, 2.24) is 15.5 Å². The second-order valence-corrected chi connectivity index (χ2v) is 6.38. The van der Waals surface area contributed by atoms with Gasteiger partial charge in [-0.3, -0.25) is 0 Å². The maximum atomic E-state index is 11.7. The lowest BCUT2D eigenvalue weighted by molar-refractivity contribution is 0.0505. The minimum absolute atomic E-state index is 0.350. The van der Waals surface area contributed by atoms with Gasteiger partial charge in [0, 0.05) is 6.42 Å². The Morgan fingerprint density at radius 2 is 2.33 bits per heavy atom. The fourth-order valence-electron chi connectivity index (χ4n) is 2.17. The average Bonchev–Trinajstić information content (AvgIpc) is 2.98. The van der Waals surface area contributed by atoms with Crippen LogP contribution in [0.25, 0.3) is 0 Å². The number of alkyl carbamates (subject to hydrolysis) is 1. The number of aromatic nitrogens is 2. The van der Waals surface area contributed by atoms with E-state index in [-0.39, 0.29) is 6.04 Å². The van der Waals surface area contributed by atoms with Gasteiger partial charge >= 0.3 is 6.09 Å². The summed E-state index contributed by atoms with van der Waals surface area (Å²) in [7, 11) is 0. The molecular formula is C15H23N3O3. The van der Waals surface area contributed by atoms with E-state index in [9.17, 15) is 4.79 Å². The van der Waals surface area contributed by atoms with Crippen LogP contribution in [0.5, 0.6) is 0 Å². The van der Waals surface area contributed by atoms with Crippen LogP contribution in [-0.4, -0.2) is 21.8 Å². The summed E-state index contributed by atoms with van der Waals surface area (Å²) in [5.74, 6) is 1.56. The van der Waals surface area contributed by atoms with Crippen LogP contribution in [-0.2, 0) is 11.2 Å². The Hall–Kier alpha value is -1.85. The number of hydrogen-bond donors (Lipinski definition) is 1. The van der Waals surface area contributed by atoms with Crippen molar-refractivity contribution in [2.45, 2.75) is 58.6 Å². The van der Waals surface area contributed by atoms with Gasteiger partial charge in [-0.1, -0.05) is 17.3 Å². The molecule has 6 nitrogen and oxygen atoms in total. The second-order valence-electron chi connectivity index (χ2n) is 6.38. The first-order valence-corrected chi connectivity index (χ1v) is 7.32. The summed E-state index contributed by atoms with van der Waals surface area (Å²) in [4.78, 5) is 16.0. The molecule has 1 aromatic heterocycles. The Labute approximate surface area is 124 Å². The zero-order valence-corrected chi connectivity index (χ0v) is 13.0. The van der Waals surface area contributed by atoms with Gasteiger partial charge < -0.3 is 14.6 Å². The number of rotatable bonds is 4. The minimum Gasteiger partial charge on any atom is -0.444 e. The van der Waals surface area contributed by atoms with Gasteiger partial charge in [-0.25, -0.2) is 4.79 Å². The Morgan fingerprint density at radius 1 is 1.57 bits per heavy atom. The van der Waals surface area contributed by atoms with Gasteiger partial charge in [0.2, 0.25) is 5.89 Å². The summed E-state index contributed by atoms with van der Waals surface area (Å²) in [6, 6.07) is -0.350. The fourth-order valence-corrected chi connectivity index (χ4v) is 2.17. The molecule has 1 aliphatic carbocycles. The lowest BCUT2D eigenvalue weighted by Crippen LogP contribution is -2.34. The maximum Gasteiger partial charge on any atom is 0.408 e. The second kappa shape index (κ2) is 6.28. The SMILES string of the molecule is C[C@@H](NC(=O)OC(C)(C)C)c1noc(C[C@@H]2C=CCC2)n1. The van der Waals surface area contributed by atoms with Gasteiger partial charge in [0.05, 0.1) is 6.04 Å². The van der Waals surface area contributed by atoms with Gasteiger partial charge in [-0.15, -0.1) is 0 Å². The summed E-state index contributed by atoms with van der Waals surface area (Å²) >= 11 is 0. The van der Waals surface area contributed by atoms with E-state index in [1.165, 1.54) is 0 Å². The molecule has 1 aliphatic rings. The monoisotopic (exact) mass is 293 g/mol. The Bertz CT molecular complexity index is 516. The van der Waals surface area contributed by atoms with Crippen molar-refractivity contribution in [2.24, 2.45) is 5.92 Å². The molecule has 0 aromatic carbocycles. The van der Waals surface area contributed by atoms with Crippen LogP contribution >= 0.6 is 0 Å². The molecule has 116 valence electrons. The molecule has 1 amide bonds. The molecule has 0 saturated heterocycles. The molecule has 2 rings (SSSR count). The molecule has 0 radical (unpaired) electrons. The highest BCUT2D eigenvalue weighted by Gasteiger charge is 2.22. The van der Waals surface area contributed by atoms with Crippen molar-refractivity contribution in [3.63, 3.8) is 0 Å². The van der Waals surface area contributed by atoms with Crippen molar-refractivity contribution in [3.8, 4) is 0 Å². The van der Waals surface area contributed by atoms with Gasteiger partial charge in [-0.05, 0) is 46.5 Å². The van der Waals surface area contributed by atoms with E-state index >= 15 is 0 Å². The molecule has 6 heteroatoms. The predicted molar refractivity (Wildman–Crippen MR) is 77.7 cm³/mol. The fraction of sp³-hybridized carbons (Fsp3) is 0.667. The van der Waals surface area contributed by atoms with Crippen LogP contribution in [0.3, 0.4) is 0 Å². The van der Waals surface area contributed by atoms with E-state index in [4.69, 9.17) is 9.26 Å². The average molecular weight is 293 g/mol. The van der Waals surface area contributed by atoms with Gasteiger partial charge in [-0.2, -0.15) is 4.98 Å². The first kappa shape index (κ1) is 15.5. The third-order valence-corrected chi connectivity index (χ3v) is 3.15.